The number of hydrogen-bond acceptors (Lipinski definition) is 3. The Labute approximate surface area is 119 Å². The lowest BCUT2D eigenvalue weighted by Gasteiger charge is -2.21. The second-order valence-electron chi connectivity index (χ2n) is 5.77. The van der Waals surface area contributed by atoms with Crippen molar-refractivity contribution >= 4 is 5.91 Å². The second-order valence-corrected chi connectivity index (χ2v) is 5.77. The number of nitrogens with zero attached hydrogens (tertiary/aromatic N) is 3. The average molecular weight is 272 g/mol. The van der Waals surface area contributed by atoms with Crippen LogP contribution in [-0.4, -0.2) is 20.7 Å². The molecular weight excluding hydrogens is 252 g/mol. The van der Waals surface area contributed by atoms with Crippen LogP contribution in [0, 0.1) is 6.92 Å². The monoisotopic (exact) mass is 272 g/mol. The fourth-order valence-electron chi connectivity index (χ4n) is 2.09. The Morgan fingerprint density at radius 1 is 1.35 bits per heavy atom. The first-order valence-electron chi connectivity index (χ1n) is 6.62. The predicted molar refractivity (Wildman–Crippen MR) is 77.4 cm³/mol. The fourth-order valence-corrected chi connectivity index (χ4v) is 2.09. The van der Waals surface area contributed by atoms with E-state index in [1.807, 2.05) is 23.7 Å². The van der Waals surface area contributed by atoms with E-state index in [1.54, 1.807) is 18.6 Å². The highest BCUT2D eigenvalue weighted by Crippen LogP contribution is 2.18. The molecule has 2 heterocycles. The van der Waals surface area contributed by atoms with Crippen molar-refractivity contribution in [3.63, 3.8) is 0 Å². The third kappa shape index (κ3) is 3.04. The zero-order valence-corrected chi connectivity index (χ0v) is 12.3. The summed E-state index contributed by atoms with van der Waals surface area (Å²) in [6.07, 6.45) is 5.08. The number of carbonyl (C=O) groups excluding carboxylic acids is 1. The maximum Gasteiger partial charge on any atom is 0.255 e. The molecule has 0 radical (unpaired) electrons. The minimum Gasteiger partial charge on any atom is -0.348 e. The van der Waals surface area contributed by atoms with Crippen molar-refractivity contribution in [3.05, 3.63) is 47.5 Å². The van der Waals surface area contributed by atoms with Crippen LogP contribution in [0.25, 0.3) is 0 Å². The summed E-state index contributed by atoms with van der Waals surface area (Å²) in [6.45, 7) is 8.56. The first-order chi connectivity index (χ1) is 9.39. The van der Waals surface area contributed by atoms with E-state index in [0.29, 0.717) is 12.1 Å². The number of hydrogen-bond donors (Lipinski definition) is 1. The number of amides is 1. The molecule has 2 aromatic rings. The van der Waals surface area contributed by atoms with E-state index in [2.05, 4.69) is 36.2 Å². The first kappa shape index (κ1) is 14.2. The van der Waals surface area contributed by atoms with Crippen molar-refractivity contribution in [2.45, 2.75) is 39.8 Å². The van der Waals surface area contributed by atoms with E-state index in [-0.39, 0.29) is 11.4 Å². The molecule has 5 heteroatoms. The molecule has 106 valence electrons. The van der Waals surface area contributed by atoms with Crippen molar-refractivity contribution in [2.24, 2.45) is 0 Å². The summed E-state index contributed by atoms with van der Waals surface area (Å²) in [7, 11) is 0. The molecule has 0 aliphatic rings. The number of carbonyl (C=O) groups is 1. The molecule has 1 amide bonds. The lowest BCUT2D eigenvalue weighted by Crippen LogP contribution is -2.26. The van der Waals surface area contributed by atoms with Gasteiger partial charge in [-0.2, -0.15) is 5.10 Å². The van der Waals surface area contributed by atoms with E-state index in [0.717, 1.165) is 11.3 Å². The van der Waals surface area contributed by atoms with Crippen LogP contribution in [0.5, 0.6) is 0 Å². The van der Waals surface area contributed by atoms with Crippen LogP contribution in [0.3, 0.4) is 0 Å². The van der Waals surface area contributed by atoms with E-state index in [9.17, 15) is 4.79 Å². The summed E-state index contributed by atoms with van der Waals surface area (Å²) in [6, 6.07) is 3.78. The number of aromatic nitrogens is 3. The molecule has 0 bridgehead atoms. The number of rotatable bonds is 3. The molecule has 0 aliphatic heterocycles. The molecule has 0 atom stereocenters. The molecule has 20 heavy (non-hydrogen) atoms. The Kier molecular flexibility index (Phi) is 3.88. The van der Waals surface area contributed by atoms with Crippen LogP contribution >= 0.6 is 0 Å². The van der Waals surface area contributed by atoms with E-state index < -0.39 is 0 Å². The standard InChI is InChI=1S/C15H20N4O/c1-11-13(10-18-19(11)15(2,3)4)14(20)17-9-12-6-5-7-16-8-12/h5-8,10H,9H2,1-4H3,(H,17,20). The zero-order chi connectivity index (χ0) is 14.8. The first-order valence-corrected chi connectivity index (χ1v) is 6.62. The quantitative estimate of drug-likeness (QED) is 0.932. The number of pyridine rings is 1. The van der Waals surface area contributed by atoms with Gasteiger partial charge < -0.3 is 5.32 Å². The van der Waals surface area contributed by atoms with Gasteiger partial charge in [-0.15, -0.1) is 0 Å². The number of nitrogens with one attached hydrogen (secondary N) is 1. The summed E-state index contributed by atoms with van der Waals surface area (Å²) in [4.78, 5) is 16.2. The summed E-state index contributed by atoms with van der Waals surface area (Å²) in [5.41, 5.74) is 2.33. The molecule has 0 saturated heterocycles. The topological polar surface area (TPSA) is 59.8 Å². The van der Waals surface area contributed by atoms with Gasteiger partial charge in [-0.25, -0.2) is 0 Å². The minimum atomic E-state index is -0.133. The average Bonchev–Trinajstić information content (AvgIpc) is 2.79. The van der Waals surface area contributed by atoms with Gasteiger partial charge in [0.05, 0.1) is 17.3 Å². The molecule has 0 unspecified atom stereocenters. The second kappa shape index (κ2) is 5.45. The summed E-state index contributed by atoms with van der Waals surface area (Å²) >= 11 is 0. The van der Waals surface area contributed by atoms with Gasteiger partial charge in [0.2, 0.25) is 0 Å². The van der Waals surface area contributed by atoms with Gasteiger partial charge in [0.25, 0.3) is 5.91 Å². The Morgan fingerprint density at radius 3 is 2.65 bits per heavy atom. The SMILES string of the molecule is Cc1c(C(=O)NCc2cccnc2)cnn1C(C)(C)C. The van der Waals surface area contributed by atoms with Gasteiger partial charge in [-0.1, -0.05) is 6.07 Å². The van der Waals surface area contributed by atoms with Crippen LogP contribution in [-0.2, 0) is 12.1 Å². The molecule has 0 aromatic carbocycles. The van der Waals surface area contributed by atoms with Crippen LogP contribution in [0.1, 0.15) is 42.4 Å². The Hall–Kier alpha value is -2.17. The maximum atomic E-state index is 12.2. The van der Waals surface area contributed by atoms with E-state index >= 15 is 0 Å². The molecule has 0 saturated carbocycles. The molecule has 5 nitrogen and oxygen atoms in total. The Morgan fingerprint density at radius 2 is 2.10 bits per heavy atom. The van der Waals surface area contributed by atoms with Crippen LogP contribution in [0.2, 0.25) is 0 Å². The third-order valence-corrected chi connectivity index (χ3v) is 3.07. The van der Waals surface area contributed by atoms with E-state index in [4.69, 9.17) is 0 Å². The molecule has 1 N–H and O–H groups in total. The van der Waals surface area contributed by atoms with Crippen molar-refractivity contribution < 1.29 is 4.79 Å². The van der Waals surface area contributed by atoms with Gasteiger partial charge in [0.15, 0.2) is 0 Å². The lowest BCUT2D eigenvalue weighted by molar-refractivity contribution is 0.0950. The van der Waals surface area contributed by atoms with Crippen molar-refractivity contribution in [3.8, 4) is 0 Å². The lowest BCUT2D eigenvalue weighted by atomic mass is 10.1. The molecule has 0 aliphatic carbocycles. The summed E-state index contributed by atoms with van der Waals surface area (Å²) in [5, 5.41) is 7.20. The predicted octanol–water partition coefficient (Wildman–Crippen LogP) is 2.27. The highest BCUT2D eigenvalue weighted by atomic mass is 16.1. The molecular formula is C15H20N4O. The molecule has 0 spiro atoms. The van der Waals surface area contributed by atoms with E-state index in [1.165, 1.54) is 0 Å². The molecule has 0 fully saturated rings. The van der Waals surface area contributed by atoms with Crippen molar-refractivity contribution in [1.82, 2.24) is 20.1 Å². The van der Waals surface area contributed by atoms with Gasteiger partial charge >= 0.3 is 0 Å². The fraction of sp³-hybridized carbons (Fsp3) is 0.400. The highest BCUT2D eigenvalue weighted by Gasteiger charge is 2.21. The van der Waals surface area contributed by atoms with Crippen LogP contribution < -0.4 is 5.32 Å². The van der Waals surface area contributed by atoms with Gasteiger partial charge in [-0.05, 0) is 39.3 Å². The van der Waals surface area contributed by atoms with Crippen molar-refractivity contribution in [1.29, 1.82) is 0 Å². The normalized spacial score (nSPS) is 11.4. The van der Waals surface area contributed by atoms with Gasteiger partial charge in [-0.3, -0.25) is 14.5 Å². The summed E-state index contributed by atoms with van der Waals surface area (Å²) < 4.78 is 1.87. The maximum absolute atomic E-state index is 12.2. The van der Waals surface area contributed by atoms with Crippen LogP contribution in [0.4, 0.5) is 0 Å². The largest absolute Gasteiger partial charge is 0.348 e. The molecule has 2 aromatic heterocycles. The Bertz CT molecular complexity index is 596. The smallest absolute Gasteiger partial charge is 0.255 e. The van der Waals surface area contributed by atoms with Gasteiger partial charge in [0, 0.05) is 24.6 Å². The highest BCUT2D eigenvalue weighted by molar-refractivity contribution is 5.95. The molecule has 2 rings (SSSR count). The third-order valence-electron chi connectivity index (χ3n) is 3.07. The van der Waals surface area contributed by atoms with Crippen molar-refractivity contribution in [2.75, 3.05) is 0 Å². The summed E-state index contributed by atoms with van der Waals surface area (Å²) in [5.74, 6) is -0.109. The minimum absolute atomic E-state index is 0.109. The van der Waals surface area contributed by atoms with Gasteiger partial charge in [0.1, 0.15) is 0 Å². The Balaban J connectivity index is 2.09. The van der Waals surface area contributed by atoms with Crippen LogP contribution in [0.15, 0.2) is 30.7 Å². The zero-order valence-electron chi connectivity index (χ0n) is 12.3.